The quantitative estimate of drug-likeness (QED) is 0.455. The van der Waals surface area contributed by atoms with Crippen molar-refractivity contribution < 1.29 is 28.2 Å². The highest BCUT2D eigenvalue weighted by Crippen LogP contribution is 2.40. The van der Waals surface area contributed by atoms with Gasteiger partial charge in [-0.1, -0.05) is 18.0 Å². The average Bonchev–Trinajstić information content (AvgIpc) is 3.01. The van der Waals surface area contributed by atoms with E-state index in [0.717, 1.165) is 30.0 Å². The van der Waals surface area contributed by atoms with Gasteiger partial charge in [0, 0.05) is 11.1 Å². The number of aromatic nitrogens is 2. The smallest absolute Gasteiger partial charge is 0.359 e. The van der Waals surface area contributed by atoms with E-state index in [1.807, 2.05) is 0 Å². The van der Waals surface area contributed by atoms with Crippen LogP contribution in [0.4, 0.5) is 4.39 Å². The first-order valence-corrected chi connectivity index (χ1v) is 10.2. The Balaban J connectivity index is 2.05. The number of ketones is 1. The summed E-state index contributed by atoms with van der Waals surface area (Å²) < 4.78 is 25.2. The molecule has 1 aromatic carbocycles. The molecule has 0 bridgehead atoms. The van der Waals surface area contributed by atoms with Gasteiger partial charge >= 0.3 is 11.9 Å². The van der Waals surface area contributed by atoms with Crippen molar-refractivity contribution in [2.45, 2.75) is 45.6 Å². The van der Waals surface area contributed by atoms with E-state index in [1.165, 1.54) is 12.1 Å². The third-order valence-electron chi connectivity index (χ3n) is 4.97. The van der Waals surface area contributed by atoms with Gasteiger partial charge in [-0.25, -0.2) is 18.7 Å². The molecular formula is C21H22ClFN2O5. The normalized spacial score (nSPS) is 13.6. The Morgan fingerprint density at radius 2 is 1.83 bits per heavy atom. The van der Waals surface area contributed by atoms with Gasteiger partial charge in [0.2, 0.25) is 0 Å². The summed E-state index contributed by atoms with van der Waals surface area (Å²) in [6, 6.07) is 3.70. The van der Waals surface area contributed by atoms with Crippen molar-refractivity contribution in [3.63, 3.8) is 0 Å². The molecule has 0 unspecified atom stereocenters. The van der Waals surface area contributed by atoms with Crippen LogP contribution in [-0.4, -0.2) is 40.7 Å². The molecule has 1 aliphatic rings. The lowest BCUT2D eigenvalue weighted by Gasteiger charge is -2.26. The Morgan fingerprint density at radius 1 is 1.17 bits per heavy atom. The van der Waals surface area contributed by atoms with Crippen LogP contribution in [0, 0.1) is 5.82 Å². The van der Waals surface area contributed by atoms with E-state index in [-0.39, 0.29) is 47.7 Å². The second kappa shape index (κ2) is 9.38. The van der Waals surface area contributed by atoms with Crippen molar-refractivity contribution in [1.29, 1.82) is 0 Å². The lowest BCUT2D eigenvalue weighted by Crippen LogP contribution is -2.21. The number of nitrogens with zero attached hydrogens (tertiary/aromatic N) is 2. The second-order valence-electron chi connectivity index (χ2n) is 6.89. The minimum atomic E-state index is -0.726. The molecule has 1 heterocycles. The number of carbonyl (C=O) groups is 3. The molecule has 0 atom stereocenters. The van der Waals surface area contributed by atoms with Crippen molar-refractivity contribution in [3.05, 3.63) is 51.6 Å². The molecule has 0 spiro atoms. The Kier molecular flexibility index (Phi) is 6.87. The number of rotatable bonds is 8. The molecule has 1 saturated carbocycles. The lowest BCUT2D eigenvalue weighted by atomic mass is 9.78. The number of halogens is 2. The number of benzene rings is 1. The first-order chi connectivity index (χ1) is 14.4. The summed E-state index contributed by atoms with van der Waals surface area (Å²) in [6.45, 7) is 3.24. The second-order valence-corrected chi connectivity index (χ2v) is 7.30. The summed E-state index contributed by atoms with van der Waals surface area (Å²) in [4.78, 5) is 38.0. The molecular weight excluding hydrogens is 415 g/mol. The van der Waals surface area contributed by atoms with Gasteiger partial charge in [0.1, 0.15) is 12.4 Å². The summed E-state index contributed by atoms with van der Waals surface area (Å²) in [5, 5.41) is 4.14. The molecule has 7 nitrogen and oxygen atoms in total. The van der Waals surface area contributed by atoms with Gasteiger partial charge in [0.15, 0.2) is 17.2 Å². The summed E-state index contributed by atoms with van der Waals surface area (Å²) in [5.41, 5.74) is 0.602. The van der Waals surface area contributed by atoms with Crippen LogP contribution in [0.3, 0.4) is 0 Å². The molecule has 0 aliphatic heterocycles. The number of hydrogen-bond donors (Lipinski definition) is 0. The zero-order valence-electron chi connectivity index (χ0n) is 16.7. The van der Waals surface area contributed by atoms with Gasteiger partial charge in [0.05, 0.1) is 18.2 Å². The molecule has 2 aromatic rings. The standard InChI is InChI=1S/C21H22ClFN2O5/c1-3-29-20(27)18-17(12-6-5-7-12)19(21(28)30-4-2)25(24-18)11-16(26)13-8-9-14(22)15(23)10-13/h8-10,12H,3-7,11H2,1-2H3. The molecule has 30 heavy (non-hydrogen) atoms. The maximum atomic E-state index is 13.8. The average molecular weight is 437 g/mol. The van der Waals surface area contributed by atoms with E-state index in [4.69, 9.17) is 21.1 Å². The molecule has 1 aromatic heterocycles. The van der Waals surface area contributed by atoms with E-state index in [9.17, 15) is 18.8 Å². The van der Waals surface area contributed by atoms with Gasteiger partial charge in [-0.15, -0.1) is 0 Å². The number of carbonyl (C=O) groups excluding carboxylic acids is 3. The van der Waals surface area contributed by atoms with Crippen LogP contribution >= 0.6 is 11.6 Å². The van der Waals surface area contributed by atoms with Crippen molar-refractivity contribution >= 4 is 29.3 Å². The van der Waals surface area contributed by atoms with E-state index >= 15 is 0 Å². The zero-order chi connectivity index (χ0) is 21.8. The largest absolute Gasteiger partial charge is 0.461 e. The van der Waals surface area contributed by atoms with E-state index in [1.54, 1.807) is 13.8 Å². The fourth-order valence-electron chi connectivity index (χ4n) is 3.34. The van der Waals surface area contributed by atoms with Crippen LogP contribution in [0.25, 0.3) is 0 Å². The summed E-state index contributed by atoms with van der Waals surface area (Å²) in [7, 11) is 0. The van der Waals surface area contributed by atoms with Crippen LogP contribution in [0.5, 0.6) is 0 Å². The fourth-order valence-corrected chi connectivity index (χ4v) is 3.45. The first kappa shape index (κ1) is 22.0. The SMILES string of the molecule is CCOC(=O)c1nn(CC(=O)c2ccc(Cl)c(F)c2)c(C(=O)OCC)c1C1CCC1. The predicted octanol–water partition coefficient (Wildman–Crippen LogP) is 4.18. The monoisotopic (exact) mass is 436 g/mol. The molecule has 1 fully saturated rings. The minimum absolute atomic E-state index is 0.0136. The summed E-state index contributed by atoms with van der Waals surface area (Å²) in [6.07, 6.45) is 2.55. The Bertz CT molecular complexity index is 984. The number of ether oxygens (including phenoxy) is 2. The molecule has 9 heteroatoms. The predicted molar refractivity (Wildman–Crippen MR) is 106 cm³/mol. The highest BCUT2D eigenvalue weighted by Gasteiger charge is 2.36. The highest BCUT2D eigenvalue weighted by molar-refractivity contribution is 6.30. The van der Waals surface area contributed by atoms with Crippen molar-refractivity contribution in [2.75, 3.05) is 13.2 Å². The molecule has 0 saturated heterocycles. The van der Waals surface area contributed by atoms with Crippen molar-refractivity contribution in [3.8, 4) is 0 Å². The maximum Gasteiger partial charge on any atom is 0.359 e. The molecule has 1 aliphatic carbocycles. The van der Waals surface area contributed by atoms with Gasteiger partial charge in [-0.2, -0.15) is 5.10 Å². The molecule has 160 valence electrons. The lowest BCUT2D eigenvalue weighted by molar-refractivity contribution is 0.0505. The minimum Gasteiger partial charge on any atom is -0.461 e. The topological polar surface area (TPSA) is 87.5 Å². The molecule has 0 amide bonds. The number of Topliss-reactive ketones (excluding diaryl/α,β-unsaturated/α-hetero) is 1. The highest BCUT2D eigenvalue weighted by atomic mass is 35.5. The van der Waals surface area contributed by atoms with Crippen LogP contribution in [0.2, 0.25) is 5.02 Å². The molecule has 3 rings (SSSR count). The Labute approximate surface area is 178 Å². The van der Waals surface area contributed by atoms with Crippen LogP contribution in [0.15, 0.2) is 18.2 Å². The number of esters is 2. The summed E-state index contributed by atoms with van der Waals surface area (Å²) in [5.74, 6) is -2.59. The van der Waals surface area contributed by atoms with Crippen molar-refractivity contribution in [1.82, 2.24) is 9.78 Å². The third-order valence-corrected chi connectivity index (χ3v) is 5.28. The van der Waals surface area contributed by atoms with Crippen LogP contribution in [-0.2, 0) is 16.0 Å². The first-order valence-electron chi connectivity index (χ1n) is 9.80. The zero-order valence-corrected chi connectivity index (χ0v) is 17.5. The van der Waals surface area contributed by atoms with Crippen LogP contribution < -0.4 is 0 Å². The molecule has 0 N–H and O–H groups in total. The molecule has 0 radical (unpaired) electrons. The van der Waals surface area contributed by atoms with E-state index < -0.39 is 23.5 Å². The Hall–Kier alpha value is -2.74. The number of hydrogen-bond acceptors (Lipinski definition) is 6. The third kappa shape index (κ3) is 4.38. The van der Waals surface area contributed by atoms with Gasteiger partial charge in [-0.05, 0) is 50.8 Å². The van der Waals surface area contributed by atoms with Gasteiger partial charge in [0.25, 0.3) is 0 Å². The van der Waals surface area contributed by atoms with Gasteiger partial charge in [-0.3, -0.25) is 4.79 Å². The van der Waals surface area contributed by atoms with E-state index in [2.05, 4.69) is 5.10 Å². The maximum absolute atomic E-state index is 13.8. The van der Waals surface area contributed by atoms with Crippen LogP contribution in [0.1, 0.15) is 75.9 Å². The van der Waals surface area contributed by atoms with Gasteiger partial charge < -0.3 is 9.47 Å². The van der Waals surface area contributed by atoms with Crippen molar-refractivity contribution in [2.24, 2.45) is 0 Å². The van der Waals surface area contributed by atoms with E-state index in [0.29, 0.717) is 5.56 Å². The summed E-state index contributed by atoms with van der Waals surface area (Å²) >= 11 is 5.68. The fraction of sp³-hybridized carbons (Fsp3) is 0.429. The Morgan fingerprint density at radius 3 is 2.40 bits per heavy atom.